The van der Waals surface area contributed by atoms with E-state index in [1.165, 1.54) is 0 Å². The maximum atomic E-state index is 10.9. The summed E-state index contributed by atoms with van der Waals surface area (Å²) in [7, 11) is 1.83. The molecule has 0 radical (unpaired) electrons. The van der Waals surface area contributed by atoms with Crippen molar-refractivity contribution in [3.8, 4) is 0 Å². The molecular weight excluding hydrogens is 174 g/mol. The minimum absolute atomic E-state index is 0.402. The Morgan fingerprint density at radius 2 is 2.17 bits per heavy atom. The van der Waals surface area contributed by atoms with Gasteiger partial charge in [0, 0.05) is 12.1 Å². The van der Waals surface area contributed by atoms with E-state index >= 15 is 0 Å². The fourth-order valence-electron chi connectivity index (χ4n) is 1.06. The fourth-order valence-corrected chi connectivity index (χ4v) is 1.24. The van der Waals surface area contributed by atoms with E-state index in [0.29, 0.717) is 12.1 Å². The maximum Gasteiger partial charge on any atom is 0.252 e. The molecule has 0 fully saturated rings. The van der Waals surface area contributed by atoms with Gasteiger partial charge in [-0.1, -0.05) is 18.2 Å². The van der Waals surface area contributed by atoms with Crippen molar-refractivity contribution in [3.63, 3.8) is 0 Å². The molecule has 0 spiro atoms. The largest absolute Gasteiger partial charge is 0.316 e. The van der Waals surface area contributed by atoms with E-state index in [0.717, 1.165) is 5.56 Å². The van der Waals surface area contributed by atoms with Gasteiger partial charge in [-0.15, -0.1) is 0 Å². The van der Waals surface area contributed by atoms with Crippen molar-refractivity contribution in [1.82, 2.24) is 5.32 Å². The van der Waals surface area contributed by atoms with E-state index in [9.17, 15) is 4.79 Å². The van der Waals surface area contributed by atoms with Crippen LogP contribution < -0.4 is 5.32 Å². The molecular formula is C9H10ClNO. The summed E-state index contributed by atoms with van der Waals surface area (Å²) in [5.74, 6) is 0. The summed E-state index contributed by atoms with van der Waals surface area (Å²) in [5, 5.41) is 2.57. The van der Waals surface area contributed by atoms with Gasteiger partial charge >= 0.3 is 0 Å². The van der Waals surface area contributed by atoms with Crippen molar-refractivity contribution in [2.45, 2.75) is 6.54 Å². The molecule has 0 saturated carbocycles. The molecule has 1 N–H and O–H groups in total. The molecule has 0 aliphatic heterocycles. The van der Waals surface area contributed by atoms with Crippen molar-refractivity contribution in [3.05, 3.63) is 35.4 Å². The van der Waals surface area contributed by atoms with Crippen LogP contribution in [0.25, 0.3) is 0 Å². The van der Waals surface area contributed by atoms with E-state index in [1.807, 2.05) is 19.2 Å². The third kappa shape index (κ3) is 2.06. The van der Waals surface area contributed by atoms with Crippen LogP contribution >= 0.6 is 11.6 Å². The van der Waals surface area contributed by atoms with Gasteiger partial charge in [0.25, 0.3) is 5.24 Å². The third-order valence-corrected chi connectivity index (χ3v) is 1.80. The zero-order valence-corrected chi connectivity index (χ0v) is 7.56. The van der Waals surface area contributed by atoms with Crippen LogP contribution in [0, 0.1) is 0 Å². The normalized spacial score (nSPS) is 9.83. The van der Waals surface area contributed by atoms with Crippen molar-refractivity contribution >= 4 is 16.8 Å². The molecule has 0 atom stereocenters. The van der Waals surface area contributed by atoms with Gasteiger partial charge in [0.05, 0.1) is 0 Å². The second-order valence-corrected chi connectivity index (χ2v) is 2.80. The number of carbonyl (C=O) groups excluding carboxylic acids is 1. The third-order valence-electron chi connectivity index (χ3n) is 1.60. The van der Waals surface area contributed by atoms with Gasteiger partial charge in [-0.2, -0.15) is 0 Å². The summed E-state index contributed by atoms with van der Waals surface area (Å²) in [6.07, 6.45) is 0. The molecule has 0 aliphatic carbocycles. The Bertz CT molecular complexity index is 286. The lowest BCUT2D eigenvalue weighted by atomic mass is 10.1. The Morgan fingerprint density at radius 1 is 1.50 bits per heavy atom. The fraction of sp³-hybridized carbons (Fsp3) is 0.222. The monoisotopic (exact) mass is 183 g/mol. The number of benzene rings is 1. The van der Waals surface area contributed by atoms with Crippen molar-refractivity contribution in [1.29, 1.82) is 0 Å². The van der Waals surface area contributed by atoms with E-state index < -0.39 is 5.24 Å². The summed E-state index contributed by atoms with van der Waals surface area (Å²) in [4.78, 5) is 10.9. The second kappa shape index (κ2) is 4.24. The highest BCUT2D eigenvalue weighted by Gasteiger charge is 2.05. The molecule has 1 rings (SSSR count). The van der Waals surface area contributed by atoms with Crippen molar-refractivity contribution in [2.75, 3.05) is 7.05 Å². The van der Waals surface area contributed by atoms with Crippen LogP contribution in [0.2, 0.25) is 0 Å². The van der Waals surface area contributed by atoms with Crippen LogP contribution in [0.4, 0.5) is 0 Å². The highest BCUT2D eigenvalue weighted by molar-refractivity contribution is 6.67. The van der Waals surface area contributed by atoms with Gasteiger partial charge in [-0.25, -0.2) is 0 Å². The quantitative estimate of drug-likeness (QED) is 0.724. The van der Waals surface area contributed by atoms with E-state index in [4.69, 9.17) is 11.6 Å². The first-order valence-corrected chi connectivity index (χ1v) is 4.06. The SMILES string of the molecule is CNCc1ccccc1C(=O)Cl. The molecule has 0 unspecified atom stereocenters. The number of nitrogens with one attached hydrogen (secondary N) is 1. The molecule has 0 aromatic heterocycles. The van der Waals surface area contributed by atoms with Crippen LogP contribution in [-0.4, -0.2) is 12.3 Å². The van der Waals surface area contributed by atoms with Crippen LogP contribution in [0.5, 0.6) is 0 Å². The van der Waals surface area contributed by atoms with E-state index in [2.05, 4.69) is 5.32 Å². The molecule has 3 heteroatoms. The molecule has 2 nitrogen and oxygen atoms in total. The molecule has 64 valence electrons. The summed E-state index contributed by atoms with van der Waals surface area (Å²) < 4.78 is 0. The zero-order valence-electron chi connectivity index (χ0n) is 6.80. The molecule has 0 bridgehead atoms. The molecule has 0 heterocycles. The smallest absolute Gasteiger partial charge is 0.252 e. The van der Waals surface area contributed by atoms with Gasteiger partial charge < -0.3 is 5.32 Å². The second-order valence-electron chi connectivity index (χ2n) is 2.46. The van der Waals surface area contributed by atoms with E-state index in [1.54, 1.807) is 12.1 Å². The molecule has 0 amide bonds. The number of carbonyl (C=O) groups is 1. The minimum Gasteiger partial charge on any atom is -0.316 e. The Labute approximate surface area is 76.5 Å². The predicted octanol–water partition coefficient (Wildman–Crippen LogP) is 1.79. The standard InChI is InChI=1S/C9H10ClNO/c1-11-6-7-4-2-3-5-8(7)9(10)12/h2-5,11H,6H2,1H3. The van der Waals surface area contributed by atoms with Crippen LogP contribution in [0.3, 0.4) is 0 Å². The van der Waals surface area contributed by atoms with Crippen LogP contribution in [0.1, 0.15) is 15.9 Å². The van der Waals surface area contributed by atoms with Crippen LogP contribution in [-0.2, 0) is 6.54 Å². The van der Waals surface area contributed by atoms with Crippen molar-refractivity contribution < 1.29 is 4.79 Å². The highest BCUT2D eigenvalue weighted by atomic mass is 35.5. The van der Waals surface area contributed by atoms with Gasteiger partial charge in [-0.3, -0.25) is 4.79 Å². The van der Waals surface area contributed by atoms with Gasteiger partial charge in [-0.05, 0) is 30.3 Å². The molecule has 1 aromatic rings. The Balaban J connectivity index is 3.00. The van der Waals surface area contributed by atoms with Gasteiger partial charge in [0.15, 0.2) is 0 Å². The number of rotatable bonds is 3. The first kappa shape index (κ1) is 9.23. The van der Waals surface area contributed by atoms with Gasteiger partial charge in [0.1, 0.15) is 0 Å². The Hall–Kier alpha value is -0.860. The first-order valence-electron chi connectivity index (χ1n) is 3.68. The lowest BCUT2D eigenvalue weighted by molar-refractivity contribution is 0.108. The van der Waals surface area contributed by atoms with E-state index in [-0.39, 0.29) is 0 Å². The molecule has 12 heavy (non-hydrogen) atoms. The van der Waals surface area contributed by atoms with Crippen LogP contribution in [0.15, 0.2) is 24.3 Å². The number of hydrogen-bond acceptors (Lipinski definition) is 2. The number of halogens is 1. The first-order chi connectivity index (χ1) is 5.75. The average Bonchev–Trinajstić information content (AvgIpc) is 2.05. The summed E-state index contributed by atoms with van der Waals surface area (Å²) in [5.41, 5.74) is 1.51. The van der Waals surface area contributed by atoms with Crippen molar-refractivity contribution in [2.24, 2.45) is 0 Å². The summed E-state index contributed by atoms with van der Waals surface area (Å²) >= 11 is 5.38. The Morgan fingerprint density at radius 3 is 2.75 bits per heavy atom. The van der Waals surface area contributed by atoms with Gasteiger partial charge in [0.2, 0.25) is 0 Å². The maximum absolute atomic E-state index is 10.9. The average molecular weight is 184 g/mol. The Kier molecular flexibility index (Phi) is 3.26. The highest BCUT2D eigenvalue weighted by Crippen LogP contribution is 2.10. The predicted molar refractivity (Wildman–Crippen MR) is 49.4 cm³/mol. The summed E-state index contributed by atoms with van der Waals surface area (Å²) in [6.45, 7) is 0.661. The molecule has 1 aromatic carbocycles. The lowest BCUT2D eigenvalue weighted by Gasteiger charge is -2.03. The molecule has 0 saturated heterocycles. The minimum atomic E-state index is -0.402. The molecule has 0 aliphatic rings. The topological polar surface area (TPSA) is 29.1 Å². The zero-order chi connectivity index (χ0) is 8.97. The number of hydrogen-bond donors (Lipinski definition) is 1. The lowest BCUT2D eigenvalue weighted by Crippen LogP contribution is -2.08. The summed E-state index contributed by atoms with van der Waals surface area (Å²) in [6, 6.07) is 7.29.